The van der Waals surface area contributed by atoms with Gasteiger partial charge in [0.05, 0.1) is 12.8 Å². The second kappa shape index (κ2) is 7.17. The van der Waals surface area contributed by atoms with Crippen molar-refractivity contribution in [2.24, 2.45) is 0 Å². The van der Waals surface area contributed by atoms with Gasteiger partial charge < -0.3 is 4.74 Å². The third-order valence-corrected chi connectivity index (χ3v) is 5.25. The first-order valence-corrected chi connectivity index (χ1v) is 9.75. The maximum Gasteiger partial charge on any atom is 0.244 e. The lowest BCUT2D eigenvalue weighted by Crippen LogP contribution is -2.26. The minimum absolute atomic E-state index is 0.0895. The molecule has 6 nitrogen and oxygen atoms in total. The highest BCUT2D eigenvalue weighted by molar-refractivity contribution is 7.89. The van der Waals surface area contributed by atoms with Crippen LogP contribution in [0.3, 0.4) is 0 Å². The van der Waals surface area contributed by atoms with Gasteiger partial charge in [-0.15, -0.1) is 0 Å². The van der Waals surface area contributed by atoms with E-state index in [2.05, 4.69) is 9.82 Å². The Morgan fingerprint density at radius 1 is 1.20 bits per heavy atom. The molecule has 0 bridgehead atoms. The van der Waals surface area contributed by atoms with Gasteiger partial charge in [0.2, 0.25) is 10.0 Å². The Morgan fingerprint density at radius 3 is 2.28 bits per heavy atom. The third-order valence-electron chi connectivity index (χ3n) is 3.85. The molecule has 0 fully saturated rings. The largest absolute Gasteiger partial charge is 0.497 e. The Balaban J connectivity index is 2.29. The monoisotopic (exact) mass is 365 g/mol. The summed E-state index contributed by atoms with van der Waals surface area (Å²) in [6, 6.07) is 7.38. The van der Waals surface area contributed by atoms with Crippen molar-refractivity contribution in [3.05, 3.63) is 41.7 Å². The van der Waals surface area contributed by atoms with Crippen LogP contribution in [0.1, 0.15) is 51.9 Å². The van der Waals surface area contributed by atoms with E-state index in [1.807, 2.05) is 46.8 Å². The van der Waals surface area contributed by atoms with E-state index in [0.717, 1.165) is 11.3 Å². The fraction of sp³-hybridized carbons (Fsp3) is 0.500. The Labute approximate surface area is 150 Å². The molecule has 2 rings (SSSR count). The predicted molar refractivity (Wildman–Crippen MR) is 98.3 cm³/mol. The standard InChI is InChI=1S/C18H27N3O3S/c1-13(2)21-12-16(17(20-21)18(3,4)5)25(22,23)19-11-14-7-9-15(24-6)10-8-14/h7-10,12-13,19H,11H2,1-6H3. The van der Waals surface area contributed by atoms with E-state index in [1.165, 1.54) is 0 Å². The first kappa shape index (κ1) is 19.5. The Morgan fingerprint density at radius 2 is 1.80 bits per heavy atom. The first-order chi connectivity index (χ1) is 11.5. The molecule has 1 aromatic heterocycles. The summed E-state index contributed by atoms with van der Waals surface area (Å²) in [5.74, 6) is 0.736. The summed E-state index contributed by atoms with van der Waals surface area (Å²) in [5.41, 5.74) is 1.06. The van der Waals surface area contributed by atoms with Crippen molar-refractivity contribution in [1.82, 2.24) is 14.5 Å². The molecule has 0 aliphatic carbocycles. The van der Waals surface area contributed by atoms with Crippen LogP contribution in [0.4, 0.5) is 0 Å². The zero-order valence-electron chi connectivity index (χ0n) is 15.7. The average molecular weight is 365 g/mol. The van der Waals surface area contributed by atoms with Crippen LogP contribution in [0.25, 0.3) is 0 Å². The number of nitrogens with zero attached hydrogens (tertiary/aromatic N) is 2. The van der Waals surface area contributed by atoms with Gasteiger partial charge in [-0.2, -0.15) is 5.10 Å². The summed E-state index contributed by atoms with van der Waals surface area (Å²) in [4.78, 5) is 0.238. The summed E-state index contributed by atoms with van der Waals surface area (Å²) in [7, 11) is -2.07. The van der Waals surface area contributed by atoms with Crippen LogP contribution in [0.15, 0.2) is 35.4 Å². The van der Waals surface area contributed by atoms with Gasteiger partial charge in [0, 0.05) is 24.2 Å². The lowest BCUT2D eigenvalue weighted by Gasteiger charge is -2.17. The fourth-order valence-electron chi connectivity index (χ4n) is 2.36. The SMILES string of the molecule is COc1ccc(CNS(=O)(=O)c2cn(C(C)C)nc2C(C)(C)C)cc1. The molecule has 0 saturated carbocycles. The van der Waals surface area contributed by atoms with Crippen LogP contribution in [0.5, 0.6) is 5.75 Å². The van der Waals surface area contributed by atoms with Crippen molar-refractivity contribution in [1.29, 1.82) is 0 Å². The molecule has 0 spiro atoms. The van der Waals surface area contributed by atoms with Gasteiger partial charge in [-0.05, 0) is 31.5 Å². The minimum Gasteiger partial charge on any atom is -0.497 e. The molecule has 138 valence electrons. The van der Waals surface area contributed by atoms with Crippen molar-refractivity contribution in [3.63, 3.8) is 0 Å². The molecule has 0 amide bonds. The zero-order valence-corrected chi connectivity index (χ0v) is 16.5. The molecule has 0 atom stereocenters. The lowest BCUT2D eigenvalue weighted by molar-refractivity contribution is 0.414. The van der Waals surface area contributed by atoms with Crippen molar-refractivity contribution in [2.75, 3.05) is 7.11 Å². The topological polar surface area (TPSA) is 73.2 Å². The van der Waals surface area contributed by atoms with Gasteiger partial charge in [-0.25, -0.2) is 13.1 Å². The van der Waals surface area contributed by atoms with Gasteiger partial charge in [0.1, 0.15) is 10.6 Å². The van der Waals surface area contributed by atoms with E-state index in [1.54, 1.807) is 30.1 Å². The number of methoxy groups -OCH3 is 1. The third kappa shape index (κ3) is 4.61. The molecule has 0 unspecified atom stereocenters. The number of benzene rings is 1. The molecule has 1 aromatic carbocycles. The summed E-state index contributed by atoms with van der Waals surface area (Å²) in [6.07, 6.45) is 1.61. The van der Waals surface area contributed by atoms with E-state index >= 15 is 0 Å². The quantitative estimate of drug-likeness (QED) is 0.853. The first-order valence-electron chi connectivity index (χ1n) is 8.27. The molecule has 7 heteroatoms. The van der Waals surface area contributed by atoms with Gasteiger partial charge in [0.15, 0.2) is 0 Å². The van der Waals surface area contributed by atoms with E-state index in [4.69, 9.17) is 4.74 Å². The maximum absolute atomic E-state index is 12.8. The van der Waals surface area contributed by atoms with Gasteiger partial charge in [0.25, 0.3) is 0 Å². The summed E-state index contributed by atoms with van der Waals surface area (Å²) < 4.78 is 35.2. The summed E-state index contributed by atoms with van der Waals surface area (Å²) >= 11 is 0. The highest BCUT2D eigenvalue weighted by Gasteiger charge is 2.30. The second-order valence-electron chi connectivity index (χ2n) is 7.34. The number of ether oxygens (including phenoxy) is 1. The van der Waals surface area contributed by atoms with E-state index in [-0.39, 0.29) is 22.9 Å². The Kier molecular flexibility index (Phi) is 5.58. The average Bonchev–Trinajstić information content (AvgIpc) is 3.00. The molecule has 0 radical (unpaired) electrons. The number of rotatable bonds is 6. The summed E-state index contributed by atoms with van der Waals surface area (Å²) in [6.45, 7) is 10.0. The van der Waals surface area contributed by atoms with Gasteiger partial charge in [-0.1, -0.05) is 32.9 Å². The number of nitrogens with one attached hydrogen (secondary N) is 1. The molecule has 1 heterocycles. The van der Waals surface area contributed by atoms with Crippen molar-refractivity contribution >= 4 is 10.0 Å². The molecule has 25 heavy (non-hydrogen) atoms. The molecule has 0 saturated heterocycles. The van der Waals surface area contributed by atoms with Crippen LogP contribution < -0.4 is 9.46 Å². The van der Waals surface area contributed by atoms with E-state index < -0.39 is 10.0 Å². The summed E-state index contributed by atoms with van der Waals surface area (Å²) in [5, 5.41) is 4.51. The predicted octanol–water partition coefficient (Wildman–Crippen LogP) is 3.25. The number of hydrogen-bond acceptors (Lipinski definition) is 4. The highest BCUT2D eigenvalue weighted by Crippen LogP contribution is 2.28. The van der Waals surface area contributed by atoms with E-state index in [9.17, 15) is 8.42 Å². The van der Waals surface area contributed by atoms with Crippen LogP contribution >= 0.6 is 0 Å². The molecular formula is C18H27N3O3S. The van der Waals surface area contributed by atoms with Crippen LogP contribution in [0, 0.1) is 0 Å². The smallest absolute Gasteiger partial charge is 0.244 e. The van der Waals surface area contributed by atoms with Gasteiger partial charge >= 0.3 is 0 Å². The molecular weight excluding hydrogens is 338 g/mol. The number of sulfonamides is 1. The molecule has 1 N–H and O–H groups in total. The number of aromatic nitrogens is 2. The molecule has 2 aromatic rings. The van der Waals surface area contributed by atoms with Crippen molar-refractivity contribution in [3.8, 4) is 5.75 Å². The van der Waals surface area contributed by atoms with Crippen LogP contribution in [-0.2, 0) is 22.0 Å². The zero-order chi connectivity index (χ0) is 18.8. The molecule has 0 aliphatic rings. The van der Waals surface area contributed by atoms with Crippen LogP contribution in [-0.4, -0.2) is 25.3 Å². The lowest BCUT2D eigenvalue weighted by atomic mass is 9.92. The number of hydrogen-bond donors (Lipinski definition) is 1. The second-order valence-corrected chi connectivity index (χ2v) is 9.07. The normalized spacial score (nSPS) is 12.6. The Hall–Kier alpha value is -1.86. The highest BCUT2D eigenvalue weighted by atomic mass is 32.2. The van der Waals surface area contributed by atoms with Crippen LogP contribution in [0.2, 0.25) is 0 Å². The van der Waals surface area contributed by atoms with Crippen molar-refractivity contribution in [2.45, 2.75) is 57.5 Å². The van der Waals surface area contributed by atoms with Crippen molar-refractivity contribution < 1.29 is 13.2 Å². The Bertz CT molecular complexity index is 816. The molecule has 0 aliphatic heterocycles. The van der Waals surface area contributed by atoms with E-state index in [0.29, 0.717) is 5.69 Å². The fourth-order valence-corrected chi connectivity index (χ4v) is 3.72. The minimum atomic E-state index is -3.67. The van der Waals surface area contributed by atoms with Gasteiger partial charge in [-0.3, -0.25) is 4.68 Å². The maximum atomic E-state index is 12.8.